The monoisotopic (exact) mass is 381 g/mol. The Balaban J connectivity index is 1.92. The molecule has 3 heterocycles. The molecule has 144 valence electrons. The summed E-state index contributed by atoms with van der Waals surface area (Å²) in [5.41, 5.74) is 6.78. The van der Waals surface area contributed by atoms with Crippen LogP contribution in [-0.4, -0.2) is 17.3 Å². The van der Waals surface area contributed by atoms with Crippen molar-refractivity contribution in [3.63, 3.8) is 0 Å². The molecule has 0 radical (unpaired) electrons. The average Bonchev–Trinajstić information content (AvgIpc) is 3.18. The first-order chi connectivity index (χ1) is 13.5. The summed E-state index contributed by atoms with van der Waals surface area (Å²) in [6.45, 7) is 2.89. The molecular formula is C21H20FN3O3. The maximum Gasteiger partial charge on any atom is 0.258 e. The van der Waals surface area contributed by atoms with Crippen LogP contribution in [0.2, 0.25) is 0 Å². The minimum absolute atomic E-state index is 0.0298. The SMILES string of the molecule is Cc1cc2c(c(=O)n1CC1CCCO1)C(c1ccccc1F)C(C#N)=C(N)O2. The summed E-state index contributed by atoms with van der Waals surface area (Å²) in [6.07, 6.45) is 1.80. The maximum atomic E-state index is 14.6. The molecule has 4 rings (SSSR count). The van der Waals surface area contributed by atoms with Gasteiger partial charge in [-0.3, -0.25) is 4.79 Å². The van der Waals surface area contributed by atoms with E-state index in [4.69, 9.17) is 15.2 Å². The highest BCUT2D eigenvalue weighted by molar-refractivity contribution is 5.55. The Morgan fingerprint density at radius 3 is 2.86 bits per heavy atom. The number of hydrogen-bond acceptors (Lipinski definition) is 5. The molecule has 7 heteroatoms. The van der Waals surface area contributed by atoms with Crippen molar-refractivity contribution >= 4 is 0 Å². The van der Waals surface area contributed by atoms with Gasteiger partial charge in [-0.25, -0.2) is 4.39 Å². The molecule has 0 amide bonds. The lowest BCUT2D eigenvalue weighted by atomic mass is 9.83. The number of halogens is 1. The molecule has 0 bridgehead atoms. The van der Waals surface area contributed by atoms with E-state index in [2.05, 4.69) is 0 Å². The molecule has 1 saturated heterocycles. The summed E-state index contributed by atoms with van der Waals surface area (Å²) in [5.74, 6) is -1.28. The fourth-order valence-electron chi connectivity index (χ4n) is 3.93. The van der Waals surface area contributed by atoms with Crippen molar-refractivity contribution in [2.75, 3.05) is 6.61 Å². The van der Waals surface area contributed by atoms with Crippen LogP contribution < -0.4 is 16.0 Å². The molecule has 0 spiro atoms. The van der Waals surface area contributed by atoms with E-state index >= 15 is 0 Å². The molecule has 2 aliphatic heterocycles. The van der Waals surface area contributed by atoms with Crippen LogP contribution in [0.1, 0.15) is 35.6 Å². The zero-order valence-corrected chi connectivity index (χ0v) is 15.4. The summed E-state index contributed by atoms with van der Waals surface area (Å²) < 4.78 is 27.5. The second-order valence-corrected chi connectivity index (χ2v) is 7.06. The van der Waals surface area contributed by atoms with E-state index in [1.165, 1.54) is 6.07 Å². The number of pyridine rings is 1. The fraction of sp³-hybridized carbons (Fsp3) is 0.333. The molecule has 2 aromatic rings. The van der Waals surface area contributed by atoms with E-state index in [-0.39, 0.29) is 40.0 Å². The number of ether oxygens (including phenoxy) is 2. The van der Waals surface area contributed by atoms with Crippen LogP contribution in [0, 0.1) is 24.1 Å². The van der Waals surface area contributed by atoms with E-state index in [0.717, 1.165) is 12.8 Å². The average molecular weight is 381 g/mol. The topological polar surface area (TPSA) is 90.3 Å². The number of aromatic nitrogens is 1. The van der Waals surface area contributed by atoms with E-state index in [9.17, 15) is 14.4 Å². The first kappa shape index (κ1) is 18.3. The molecule has 2 aliphatic rings. The van der Waals surface area contributed by atoms with Crippen molar-refractivity contribution in [2.24, 2.45) is 5.73 Å². The minimum Gasteiger partial charge on any atom is -0.440 e. The van der Waals surface area contributed by atoms with Gasteiger partial charge in [0, 0.05) is 23.9 Å². The molecule has 2 N–H and O–H groups in total. The zero-order chi connectivity index (χ0) is 19.8. The number of fused-ring (bicyclic) bond motifs is 1. The van der Waals surface area contributed by atoms with E-state index in [1.807, 2.05) is 6.07 Å². The first-order valence-electron chi connectivity index (χ1n) is 9.19. The van der Waals surface area contributed by atoms with Crippen molar-refractivity contribution in [3.05, 3.63) is 74.8 Å². The quantitative estimate of drug-likeness (QED) is 0.883. The van der Waals surface area contributed by atoms with Gasteiger partial charge in [0.2, 0.25) is 5.88 Å². The summed E-state index contributed by atoms with van der Waals surface area (Å²) in [7, 11) is 0. The Labute approximate surface area is 161 Å². The molecular weight excluding hydrogens is 361 g/mol. The van der Waals surface area contributed by atoms with Gasteiger partial charge in [-0.05, 0) is 25.8 Å². The standard InChI is InChI=1S/C21H20FN3O3/c1-12-9-17-19(21(26)25(12)11-13-5-4-8-27-13)18(15(10-23)20(24)28-17)14-6-2-3-7-16(14)22/h2-3,6-7,9,13,18H,4-5,8,11,24H2,1H3. The van der Waals surface area contributed by atoms with Crippen molar-refractivity contribution < 1.29 is 13.9 Å². The lowest BCUT2D eigenvalue weighted by molar-refractivity contribution is 0.0954. The number of aryl methyl sites for hydroxylation is 1. The summed E-state index contributed by atoms with van der Waals surface area (Å²) in [5, 5.41) is 9.64. The highest BCUT2D eigenvalue weighted by Gasteiger charge is 2.36. The van der Waals surface area contributed by atoms with E-state index < -0.39 is 11.7 Å². The molecule has 1 aromatic heterocycles. The lowest BCUT2D eigenvalue weighted by Crippen LogP contribution is -2.35. The minimum atomic E-state index is -0.918. The second kappa shape index (κ2) is 7.13. The van der Waals surface area contributed by atoms with Crippen LogP contribution in [0.5, 0.6) is 5.75 Å². The Morgan fingerprint density at radius 2 is 2.18 bits per heavy atom. The van der Waals surface area contributed by atoms with Gasteiger partial charge < -0.3 is 19.8 Å². The van der Waals surface area contributed by atoms with Crippen molar-refractivity contribution in [1.29, 1.82) is 5.26 Å². The molecule has 28 heavy (non-hydrogen) atoms. The van der Waals surface area contributed by atoms with Crippen molar-refractivity contribution in [1.82, 2.24) is 4.57 Å². The normalized spacial score (nSPS) is 21.2. The van der Waals surface area contributed by atoms with Crippen LogP contribution in [0.15, 0.2) is 46.6 Å². The van der Waals surface area contributed by atoms with Gasteiger partial charge in [-0.15, -0.1) is 0 Å². The van der Waals surface area contributed by atoms with Crippen LogP contribution in [0.3, 0.4) is 0 Å². The Kier molecular flexibility index (Phi) is 4.65. The summed E-state index contributed by atoms with van der Waals surface area (Å²) in [4.78, 5) is 13.4. The van der Waals surface area contributed by atoms with Gasteiger partial charge in [0.25, 0.3) is 5.56 Å². The van der Waals surface area contributed by atoms with Crippen molar-refractivity contribution in [2.45, 2.75) is 38.3 Å². The predicted octanol–water partition coefficient (Wildman–Crippen LogP) is 2.69. The van der Waals surface area contributed by atoms with Crippen molar-refractivity contribution in [3.8, 4) is 11.8 Å². The predicted molar refractivity (Wildman–Crippen MR) is 100 cm³/mol. The largest absolute Gasteiger partial charge is 0.440 e. The van der Waals surface area contributed by atoms with Gasteiger partial charge in [0.05, 0.1) is 24.1 Å². The van der Waals surface area contributed by atoms with Gasteiger partial charge in [-0.1, -0.05) is 18.2 Å². The number of allylic oxidation sites excluding steroid dienone is 1. The molecule has 0 aliphatic carbocycles. The Hall–Kier alpha value is -3.11. The number of rotatable bonds is 3. The number of hydrogen-bond donors (Lipinski definition) is 1. The zero-order valence-electron chi connectivity index (χ0n) is 15.4. The third kappa shape index (κ3) is 2.96. The van der Waals surface area contributed by atoms with Gasteiger partial charge in [0.15, 0.2) is 0 Å². The molecule has 2 unspecified atom stereocenters. The smallest absolute Gasteiger partial charge is 0.258 e. The number of nitrogens with zero attached hydrogens (tertiary/aromatic N) is 2. The molecule has 0 saturated carbocycles. The molecule has 2 atom stereocenters. The number of nitrogens with two attached hydrogens (primary N) is 1. The third-order valence-electron chi connectivity index (χ3n) is 5.32. The Morgan fingerprint density at radius 1 is 1.39 bits per heavy atom. The third-order valence-corrected chi connectivity index (χ3v) is 5.32. The molecule has 6 nitrogen and oxygen atoms in total. The summed E-state index contributed by atoms with van der Waals surface area (Å²) in [6, 6.07) is 9.79. The first-order valence-corrected chi connectivity index (χ1v) is 9.19. The highest BCUT2D eigenvalue weighted by atomic mass is 19.1. The Bertz CT molecular complexity index is 1060. The van der Waals surface area contributed by atoms with E-state index in [0.29, 0.717) is 18.8 Å². The molecule has 1 aromatic carbocycles. The number of nitriles is 1. The fourth-order valence-corrected chi connectivity index (χ4v) is 3.93. The summed E-state index contributed by atoms with van der Waals surface area (Å²) >= 11 is 0. The highest BCUT2D eigenvalue weighted by Crippen LogP contribution is 2.41. The van der Waals surface area contributed by atoms with Gasteiger partial charge in [-0.2, -0.15) is 5.26 Å². The van der Waals surface area contributed by atoms with Crippen LogP contribution in [0.25, 0.3) is 0 Å². The van der Waals surface area contributed by atoms with Gasteiger partial charge >= 0.3 is 0 Å². The lowest BCUT2D eigenvalue weighted by Gasteiger charge is -2.28. The maximum absolute atomic E-state index is 14.6. The van der Waals surface area contributed by atoms with E-state index in [1.54, 1.807) is 35.8 Å². The molecule has 1 fully saturated rings. The number of benzene rings is 1. The van der Waals surface area contributed by atoms with Gasteiger partial charge in [0.1, 0.15) is 23.2 Å². The van der Waals surface area contributed by atoms with Crippen LogP contribution in [-0.2, 0) is 11.3 Å². The van der Waals surface area contributed by atoms with Crippen LogP contribution in [0.4, 0.5) is 4.39 Å². The second-order valence-electron chi connectivity index (χ2n) is 7.06. The van der Waals surface area contributed by atoms with Crippen LogP contribution >= 0.6 is 0 Å².